The van der Waals surface area contributed by atoms with Gasteiger partial charge in [-0.1, -0.05) is 22.6 Å². The van der Waals surface area contributed by atoms with Gasteiger partial charge in [0.2, 0.25) is 0 Å². The van der Waals surface area contributed by atoms with Crippen molar-refractivity contribution >= 4 is 22.6 Å². The fourth-order valence-corrected chi connectivity index (χ4v) is 1.92. The van der Waals surface area contributed by atoms with Crippen LogP contribution in [-0.4, -0.2) is 28.2 Å². The van der Waals surface area contributed by atoms with Crippen LogP contribution < -0.4 is 5.32 Å². The van der Waals surface area contributed by atoms with Crippen molar-refractivity contribution in [3.8, 4) is 0 Å². The number of rotatable bonds is 0. The molecule has 1 saturated heterocycles. The number of hydrogen-bond donors (Lipinski definition) is 2. The highest BCUT2D eigenvalue weighted by Crippen LogP contribution is 2.12. The number of nitrogens with one attached hydrogen (secondary N) is 1. The predicted octanol–water partition coefficient (Wildman–Crippen LogP) is 0.534. The van der Waals surface area contributed by atoms with Gasteiger partial charge in [0.15, 0.2) is 0 Å². The van der Waals surface area contributed by atoms with Crippen LogP contribution in [-0.2, 0) is 0 Å². The van der Waals surface area contributed by atoms with E-state index >= 15 is 0 Å². The minimum absolute atomic E-state index is 0.0677. The Hall–Kier alpha value is 0.650. The molecule has 2 nitrogen and oxygen atoms in total. The molecule has 2 atom stereocenters. The van der Waals surface area contributed by atoms with Gasteiger partial charge in [-0.3, -0.25) is 0 Å². The Morgan fingerprint density at radius 3 is 3.11 bits per heavy atom. The lowest BCUT2D eigenvalue weighted by atomic mass is 10.2. The average molecular weight is 241 g/mol. The van der Waals surface area contributed by atoms with E-state index in [2.05, 4.69) is 27.9 Å². The molecule has 0 amide bonds. The van der Waals surface area contributed by atoms with E-state index in [1.54, 1.807) is 0 Å². The zero-order valence-corrected chi connectivity index (χ0v) is 7.47. The molecule has 0 aromatic carbocycles. The van der Waals surface area contributed by atoms with Gasteiger partial charge in [-0.05, 0) is 19.4 Å². The third-order valence-corrected chi connectivity index (χ3v) is 2.50. The summed E-state index contributed by atoms with van der Waals surface area (Å²) in [4.78, 5) is 0. The van der Waals surface area contributed by atoms with Gasteiger partial charge >= 0.3 is 0 Å². The Labute approximate surface area is 69.2 Å². The van der Waals surface area contributed by atoms with Gasteiger partial charge in [0, 0.05) is 10.5 Å². The van der Waals surface area contributed by atoms with Crippen LogP contribution in [0.4, 0.5) is 0 Å². The monoisotopic (exact) mass is 241 g/mol. The fraction of sp³-hybridized carbons (Fsp3) is 1.00. The van der Waals surface area contributed by atoms with Gasteiger partial charge in [0.25, 0.3) is 0 Å². The lowest BCUT2D eigenvalue weighted by Gasteiger charge is -2.07. The van der Waals surface area contributed by atoms with Crippen LogP contribution >= 0.6 is 22.6 Å². The average Bonchev–Trinajstić information content (AvgIpc) is 1.93. The number of aliphatic hydroxyl groups excluding tert-OH is 1. The van der Waals surface area contributed by atoms with Gasteiger partial charge in [-0.15, -0.1) is 0 Å². The lowest BCUT2D eigenvalue weighted by molar-refractivity contribution is 0.163. The van der Waals surface area contributed by atoms with Crippen molar-refractivity contribution in [2.24, 2.45) is 0 Å². The smallest absolute Gasteiger partial charge is 0.0562 e. The summed E-state index contributed by atoms with van der Waals surface area (Å²) in [5.41, 5.74) is 0. The van der Waals surface area contributed by atoms with Gasteiger partial charge < -0.3 is 10.4 Å². The molecule has 9 heavy (non-hydrogen) atoms. The predicted molar refractivity (Wildman–Crippen MR) is 45.9 cm³/mol. The summed E-state index contributed by atoms with van der Waals surface area (Å²) in [7, 11) is 0. The molecule has 0 spiro atoms. The van der Waals surface area contributed by atoms with Crippen molar-refractivity contribution in [1.29, 1.82) is 0 Å². The molecule has 2 N–H and O–H groups in total. The van der Waals surface area contributed by atoms with Gasteiger partial charge in [0.05, 0.1) is 6.10 Å². The summed E-state index contributed by atoms with van der Waals surface area (Å²) in [6.45, 7) is 2.03. The summed E-state index contributed by atoms with van der Waals surface area (Å²) in [6, 6.07) is 0. The molecule has 0 saturated carbocycles. The van der Waals surface area contributed by atoms with Gasteiger partial charge in [-0.25, -0.2) is 0 Å². The van der Waals surface area contributed by atoms with Gasteiger partial charge in [0.1, 0.15) is 0 Å². The van der Waals surface area contributed by atoms with E-state index in [1.165, 1.54) is 0 Å². The number of alkyl halides is 1. The molecule has 0 radical (unpaired) electrons. The third-order valence-electron chi connectivity index (χ3n) is 1.55. The summed E-state index contributed by atoms with van der Waals surface area (Å²) >= 11 is 2.37. The largest absolute Gasteiger partial charge is 0.393 e. The topological polar surface area (TPSA) is 32.3 Å². The molecule has 1 aliphatic rings. The minimum Gasteiger partial charge on any atom is -0.393 e. The Bertz CT molecular complexity index is 79.1. The van der Waals surface area contributed by atoms with E-state index in [0.29, 0.717) is 3.92 Å². The Morgan fingerprint density at radius 2 is 2.33 bits per heavy atom. The second-order valence-corrected chi connectivity index (χ2v) is 4.24. The summed E-state index contributed by atoms with van der Waals surface area (Å²) in [6.07, 6.45) is 1.80. The van der Waals surface area contributed by atoms with Crippen LogP contribution in [0, 0.1) is 0 Å². The van der Waals surface area contributed by atoms with E-state index in [1.807, 2.05) is 0 Å². The van der Waals surface area contributed by atoms with Crippen LogP contribution in [0.3, 0.4) is 0 Å². The molecule has 0 aromatic rings. The summed E-state index contributed by atoms with van der Waals surface area (Å²) < 4.78 is 0.611. The third kappa shape index (κ3) is 2.82. The first-order chi connectivity index (χ1) is 4.29. The van der Waals surface area contributed by atoms with Crippen molar-refractivity contribution in [2.45, 2.75) is 22.9 Å². The molecule has 0 aliphatic carbocycles. The van der Waals surface area contributed by atoms with Crippen molar-refractivity contribution < 1.29 is 5.11 Å². The van der Waals surface area contributed by atoms with Crippen molar-refractivity contribution in [3.05, 3.63) is 0 Å². The highest BCUT2D eigenvalue weighted by atomic mass is 127. The summed E-state index contributed by atoms with van der Waals surface area (Å²) in [5.74, 6) is 0. The normalized spacial score (nSPS) is 38.0. The Morgan fingerprint density at radius 1 is 1.56 bits per heavy atom. The van der Waals surface area contributed by atoms with Crippen LogP contribution in [0.25, 0.3) is 0 Å². The maximum Gasteiger partial charge on any atom is 0.0562 e. The molecule has 0 bridgehead atoms. The molecular formula is C6H12INO. The van der Waals surface area contributed by atoms with Crippen LogP contribution in [0.2, 0.25) is 0 Å². The molecule has 1 fully saturated rings. The minimum atomic E-state index is -0.0677. The van der Waals surface area contributed by atoms with Crippen LogP contribution in [0.1, 0.15) is 12.8 Å². The number of halogens is 1. The molecule has 3 heteroatoms. The first kappa shape index (κ1) is 7.75. The molecule has 0 aromatic heterocycles. The first-order valence-corrected chi connectivity index (χ1v) is 4.56. The molecule has 2 unspecified atom stereocenters. The zero-order chi connectivity index (χ0) is 6.69. The quantitative estimate of drug-likeness (QED) is 0.479. The number of hydrogen-bond acceptors (Lipinski definition) is 2. The van der Waals surface area contributed by atoms with Crippen molar-refractivity contribution in [2.75, 3.05) is 13.1 Å². The second kappa shape index (κ2) is 3.73. The highest BCUT2D eigenvalue weighted by molar-refractivity contribution is 14.1. The molecule has 1 heterocycles. The number of aliphatic hydroxyl groups is 1. The van der Waals surface area contributed by atoms with Crippen LogP contribution in [0.15, 0.2) is 0 Å². The molecule has 1 aliphatic heterocycles. The molecular weight excluding hydrogens is 229 g/mol. The van der Waals surface area contributed by atoms with Gasteiger partial charge in [-0.2, -0.15) is 0 Å². The lowest BCUT2D eigenvalue weighted by Crippen LogP contribution is -2.19. The molecule has 54 valence electrons. The Kier molecular flexibility index (Phi) is 3.21. The van der Waals surface area contributed by atoms with E-state index in [-0.39, 0.29) is 6.10 Å². The molecule has 1 rings (SSSR count). The van der Waals surface area contributed by atoms with Crippen LogP contribution in [0.5, 0.6) is 0 Å². The summed E-state index contributed by atoms with van der Waals surface area (Å²) in [5, 5.41) is 12.5. The maximum atomic E-state index is 9.21. The highest BCUT2D eigenvalue weighted by Gasteiger charge is 2.14. The zero-order valence-electron chi connectivity index (χ0n) is 5.31. The van der Waals surface area contributed by atoms with Crippen molar-refractivity contribution in [1.82, 2.24) is 5.32 Å². The maximum absolute atomic E-state index is 9.21. The van der Waals surface area contributed by atoms with E-state index in [0.717, 1.165) is 25.9 Å². The Balaban J connectivity index is 2.29. The second-order valence-electron chi connectivity index (χ2n) is 2.48. The fourth-order valence-electron chi connectivity index (χ4n) is 1.02. The standard InChI is InChI=1S/C6H12INO/c7-5-3-6(9)1-2-8-4-5/h5-6,8-9H,1-4H2. The first-order valence-electron chi connectivity index (χ1n) is 3.32. The van der Waals surface area contributed by atoms with Crippen molar-refractivity contribution in [3.63, 3.8) is 0 Å². The SMILES string of the molecule is OC1CCNCC(I)C1. The van der Waals surface area contributed by atoms with E-state index in [4.69, 9.17) is 0 Å². The van der Waals surface area contributed by atoms with E-state index < -0.39 is 0 Å². The van der Waals surface area contributed by atoms with E-state index in [9.17, 15) is 5.11 Å².